The number of rotatable bonds is 6. The molecule has 146 valence electrons. The van der Waals surface area contributed by atoms with Gasteiger partial charge >= 0.3 is 0 Å². The van der Waals surface area contributed by atoms with Crippen LogP contribution in [0.4, 0.5) is 5.69 Å². The van der Waals surface area contributed by atoms with Gasteiger partial charge in [0.15, 0.2) is 5.11 Å². The highest BCUT2D eigenvalue weighted by molar-refractivity contribution is 7.89. The highest BCUT2D eigenvalue weighted by Gasteiger charge is 2.24. The topological polar surface area (TPSA) is 61.4 Å². The second-order valence-corrected chi connectivity index (χ2v) is 9.38. The van der Waals surface area contributed by atoms with Crippen LogP contribution in [0.2, 0.25) is 0 Å². The van der Waals surface area contributed by atoms with E-state index in [9.17, 15) is 8.42 Å². The van der Waals surface area contributed by atoms with Crippen molar-refractivity contribution in [1.82, 2.24) is 9.62 Å². The van der Waals surface area contributed by atoms with Crippen molar-refractivity contribution in [3.8, 4) is 0 Å². The second-order valence-electron chi connectivity index (χ2n) is 7.03. The van der Waals surface area contributed by atoms with E-state index in [1.807, 2.05) is 26.8 Å². The molecule has 0 unspecified atom stereocenters. The van der Waals surface area contributed by atoms with Crippen LogP contribution in [0.3, 0.4) is 0 Å². The Kier molecular flexibility index (Phi) is 7.43. The summed E-state index contributed by atoms with van der Waals surface area (Å²) in [6.07, 6.45) is 4.85. The maximum atomic E-state index is 12.8. The van der Waals surface area contributed by atoms with E-state index in [2.05, 4.69) is 17.6 Å². The lowest BCUT2D eigenvalue weighted by atomic mass is 9.86. The molecule has 1 saturated carbocycles. The van der Waals surface area contributed by atoms with Gasteiger partial charge in [0.2, 0.25) is 10.0 Å². The zero-order valence-corrected chi connectivity index (χ0v) is 17.8. The molecule has 0 aromatic heterocycles. The summed E-state index contributed by atoms with van der Waals surface area (Å²) in [7, 11) is -3.48. The standard InChI is InChI=1S/C19H31N3O2S2/c1-5-22(6-2)26(23,24)16-12-11-15(4)18(13-16)21-19(25)20-17-10-8-7-9-14(17)3/h11-14,17H,5-10H2,1-4H3,(H2,20,21,25)/t14-,17-/m1/s1. The summed E-state index contributed by atoms with van der Waals surface area (Å²) in [6, 6.07) is 5.55. The Morgan fingerprint density at radius 1 is 1.23 bits per heavy atom. The Morgan fingerprint density at radius 2 is 1.88 bits per heavy atom. The summed E-state index contributed by atoms with van der Waals surface area (Å²) >= 11 is 5.48. The second kappa shape index (κ2) is 9.15. The quantitative estimate of drug-likeness (QED) is 0.713. The molecule has 2 rings (SSSR count). The van der Waals surface area contributed by atoms with Crippen LogP contribution < -0.4 is 10.6 Å². The molecule has 0 radical (unpaired) electrons. The number of nitrogens with zero attached hydrogens (tertiary/aromatic N) is 1. The lowest BCUT2D eigenvalue weighted by molar-refractivity contribution is 0.309. The molecule has 0 aliphatic heterocycles. The van der Waals surface area contributed by atoms with Gasteiger partial charge in [-0.2, -0.15) is 4.31 Å². The molecule has 7 heteroatoms. The van der Waals surface area contributed by atoms with Crippen LogP contribution in [0.25, 0.3) is 0 Å². The summed E-state index contributed by atoms with van der Waals surface area (Å²) in [5, 5.41) is 7.17. The Bertz CT molecular complexity index is 730. The average molecular weight is 398 g/mol. The lowest BCUT2D eigenvalue weighted by Crippen LogP contribution is -2.43. The molecule has 0 saturated heterocycles. The van der Waals surface area contributed by atoms with Crippen LogP contribution in [-0.2, 0) is 10.0 Å². The fraction of sp³-hybridized carbons (Fsp3) is 0.632. The van der Waals surface area contributed by atoms with Crippen molar-refractivity contribution in [2.75, 3.05) is 18.4 Å². The molecular formula is C19H31N3O2S2. The predicted octanol–water partition coefficient (Wildman–Crippen LogP) is 3.89. The SMILES string of the molecule is CCN(CC)S(=O)(=O)c1ccc(C)c(NC(=S)N[C@@H]2CCCC[C@H]2C)c1. The number of benzene rings is 1. The molecule has 5 nitrogen and oxygen atoms in total. The van der Waals surface area contributed by atoms with Gasteiger partial charge in [0.1, 0.15) is 0 Å². The maximum Gasteiger partial charge on any atom is 0.243 e. The monoisotopic (exact) mass is 397 g/mol. The molecule has 1 aromatic rings. The van der Waals surface area contributed by atoms with E-state index in [1.54, 1.807) is 12.1 Å². The van der Waals surface area contributed by atoms with Crippen LogP contribution in [-0.4, -0.2) is 37.0 Å². The third-order valence-corrected chi connectivity index (χ3v) is 7.49. The number of hydrogen-bond acceptors (Lipinski definition) is 3. The highest BCUT2D eigenvalue weighted by Crippen LogP contribution is 2.25. The Hall–Kier alpha value is -1.18. The molecule has 26 heavy (non-hydrogen) atoms. The summed E-state index contributed by atoms with van der Waals surface area (Å²) in [5.74, 6) is 0.596. The zero-order valence-electron chi connectivity index (χ0n) is 16.2. The molecule has 1 fully saturated rings. The molecule has 0 heterocycles. The zero-order chi connectivity index (χ0) is 19.3. The van der Waals surface area contributed by atoms with Crippen LogP contribution in [0.5, 0.6) is 0 Å². The van der Waals surface area contributed by atoms with E-state index < -0.39 is 10.0 Å². The normalized spacial score (nSPS) is 20.8. The molecule has 2 atom stereocenters. The van der Waals surface area contributed by atoms with Crippen molar-refractivity contribution >= 4 is 33.0 Å². The number of sulfonamides is 1. The van der Waals surface area contributed by atoms with E-state index >= 15 is 0 Å². The fourth-order valence-corrected chi connectivity index (χ4v) is 5.21. The fourth-order valence-electron chi connectivity index (χ4n) is 3.47. The third-order valence-electron chi connectivity index (χ3n) is 5.23. The first-order valence-corrected chi connectivity index (χ1v) is 11.3. The molecule has 1 aliphatic carbocycles. The van der Waals surface area contributed by atoms with E-state index in [0.29, 0.717) is 35.1 Å². The van der Waals surface area contributed by atoms with Crippen molar-refractivity contribution in [2.24, 2.45) is 5.92 Å². The van der Waals surface area contributed by atoms with E-state index in [-0.39, 0.29) is 0 Å². The van der Waals surface area contributed by atoms with Gasteiger partial charge in [0, 0.05) is 24.8 Å². The Balaban J connectivity index is 2.15. The van der Waals surface area contributed by atoms with E-state index in [1.165, 1.54) is 23.6 Å². The van der Waals surface area contributed by atoms with E-state index in [0.717, 1.165) is 17.7 Å². The molecule has 0 amide bonds. The minimum atomic E-state index is -3.48. The summed E-state index contributed by atoms with van der Waals surface area (Å²) in [4.78, 5) is 0.295. The van der Waals surface area contributed by atoms with Crippen LogP contribution in [0, 0.1) is 12.8 Å². The first kappa shape index (κ1) is 21.1. The maximum absolute atomic E-state index is 12.8. The van der Waals surface area contributed by atoms with E-state index in [4.69, 9.17) is 12.2 Å². The van der Waals surface area contributed by atoms with Crippen LogP contribution in [0.1, 0.15) is 52.0 Å². The Morgan fingerprint density at radius 3 is 2.50 bits per heavy atom. The van der Waals surface area contributed by atoms with Crippen molar-refractivity contribution in [3.63, 3.8) is 0 Å². The van der Waals surface area contributed by atoms with Gasteiger partial charge in [-0.1, -0.05) is 39.7 Å². The van der Waals surface area contributed by atoms with Crippen LogP contribution in [0.15, 0.2) is 23.1 Å². The summed E-state index contributed by atoms with van der Waals surface area (Å²) in [6.45, 7) is 8.80. The van der Waals surface area contributed by atoms with Crippen molar-refractivity contribution in [2.45, 2.75) is 64.3 Å². The largest absolute Gasteiger partial charge is 0.359 e. The van der Waals surface area contributed by atoms with Gasteiger partial charge in [-0.25, -0.2) is 8.42 Å². The molecule has 2 N–H and O–H groups in total. The molecule has 0 spiro atoms. The molecule has 0 bridgehead atoms. The minimum Gasteiger partial charge on any atom is -0.359 e. The number of hydrogen-bond donors (Lipinski definition) is 2. The van der Waals surface area contributed by atoms with Crippen molar-refractivity contribution in [1.29, 1.82) is 0 Å². The molecule has 1 aromatic carbocycles. The average Bonchev–Trinajstić information content (AvgIpc) is 2.59. The smallest absolute Gasteiger partial charge is 0.243 e. The third kappa shape index (κ3) is 4.96. The van der Waals surface area contributed by atoms with Gasteiger partial charge in [-0.05, 0) is 55.6 Å². The summed E-state index contributed by atoms with van der Waals surface area (Å²) < 4.78 is 27.0. The van der Waals surface area contributed by atoms with Gasteiger partial charge < -0.3 is 10.6 Å². The first-order valence-electron chi connectivity index (χ1n) is 9.47. The van der Waals surface area contributed by atoms with Crippen LogP contribution >= 0.6 is 12.2 Å². The van der Waals surface area contributed by atoms with Crippen molar-refractivity contribution < 1.29 is 8.42 Å². The highest BCUT2D eigenvalue weighted by atomic mass is 32.2. The molecule has 1 aliphatic rings. The number of anilines is 1. The Labute approximate surface area is 163 Å². The number of nitrogens with one attached hydrogen (secondary N) is 2. The lowest BCUT2D eigenvalue weighted by Gasteiger charge is -2.30. The van der Waals surface area contributed by atoms with Crippen molar-refractivity contribution in [3.05, 3.63) is 23.8 Å². The first-order chi connectivity index (χ1) is 12.3. The summed E-state index contributed by atoms with van der Waals surface area (Å²) in [5.41, 5.74) is 1.70. The predicted molar refractivity (Wildman–Crippen MR) is 112 cm³/mol. The minimum absolute atomic E-state index is 0.295. The number of aryl methyl sites for hydroxylation is 1. The van der Waals surface area contributed by atoms with Gasteiger partial charge in [0.05, 0.1) is 4.90 Å². The van der Waals surface area contributed by atoms with Gasteiger partial charge in [-0.15, -0.1) is 0 Å². The number of thiocarbonyl (C=S) groups is 1. The van der Waals surface area contributed by atoms with Gasteiger partial charge in [0.25, 0.3) is 0 Å². The van der Waals surface area contributed by atoms with Gasteiger partial charge in [-0.3, -0.25) is 0 Å². The molecular weight excluding hydrogens is 366 g/mol.